The first kappa shape index (κ1) is 16.4. The molecule has 0 N–H and O–H groups in total. The van der Waals surface area contributed by atoms with Crippen LogP contribution in [0.4, 0.5) is 14.5 Å². The SMILES string of the molecule is Fc1cncc2ccccc12.O=[N+]([O-])c1cccc2cncc(F)c12. The molecule has 0 amide bonds. The number of pyridine rings is 2. The van der Waals surface area contributed by atoms with Gasteiger partial charge in [0.15, 0.2) is 5.82 Å². The summed E-state index contributed by atoms with van der Waals surface area (Å²) in [6.07, 6.45) is 5.24. The van der Waals surface area contributed by atoms with Crippen molar-refractivity contribution in [2.75, 3.05) is 0 Å². The Morgan fingerprint density at radius 1 is 0.800 bits per heavy atom. The number of nitro groups is 1. The molecule has 4 rings (SSSR count). The molecule has 0 radical (unpaired) electrons. The van der Waals surface area contributed by atoms with E-state index in [0.29, 0.717) is 10.8 Å². The summed E-state index contributed by atoms with van der Waals surface area (Å²) < 4.78 is 26.2. The van der Waals surface area contributed by atoms with Gasteiger partial charge in [-0.1, -0.05) is 36.4 Å². The van der Waals surface area contributed by atoms with E-state index in [2.05, 4.69) is 9.97 Å². The second-order valence-corrected chi connectivity index (χ2v) is 5.10. The third-order valence-corrected chi connectivity index (χ3v) is 3.53. The van der Waals surface area contributed by atoms with Crippen LogP contribution in [0.2, 0.25) is 0 Å². The molecule has 0 unspecified atom stereocenters. The van der Waals surface area contributed by atoms with Crippen molar-refractivity contribution in [1.82, 2.24) is 9.97 Å². The average molecular weight is 339 g/mol. The van der Waals surface area contributed by atoms with E-state index >= 15 is 0 Å². The van der Waals surface area contributed by atoms with Gasteiger partial charge in [0, 0.05) is 34.6 Å². The summed E-state index contributed by atoms with van der Waals surface area (Å²) in [4.78, 5) is 17.3. The van der Waals surface area contributed by atoms with E-state index in [4.69, 9.17) is 0 Å². The highest BCUT2D eigenvalue weighted by Gasteiger charge is 2.14. The van der Waals surface area contributed by atoms with Gasteiger partial charge in [-0.3, -0.25) is 20.1 Å². The largest absolute Gasteiger partial charge is 0.280 e. The first-order valence-corrected chi connectivity index (χ1v) is 7.23. The predicted molar refractivity (Wildman–Crippen MR) is 90.1 cm³/mol. The Morgan fingerprint density at radius 2 is 1.44 bits per heavy atom. The molecule has 2 aromatic heterocycles. The summed E-state index contributed by atoms with van der Waals surface area (Å²) in [5, 5.41) is 12.5. The molecule has 0 spiro atoms. The molecule has 25 heavy (non-hydrogen) atoms. The van der Waals surface area contributed by atoms with Crippen LogP contribution in [0.1, 0.15) is 0 Å². The molecular weight excluding hydrogens is 328 g/mol. The number of halogens is 2. The molecule has 5 nitrogen and oxygen atoms in total. The van der Waals surface area contributed by atoms with Crippen molar-refractivity contribution in [2.24, 2.45) is 0 Å². The topological polar surface area (TPSA) is 68.9 Å². The second-order valence-electron chi connectivity index (χ2n) is 5.10. The van der Waals surface area contributed by atoms with E-state index in [1.807, 2.05) is 18.2 Å². The monoisotopic (exact) mass is 339 g/mol. The van der Waals surface area contributed by atoms with Crippen LogP contribution in [0, 0.1) is 21.7 Å². The van der Waals surface area contributed by atoms with E-state index in [1.54, 1.807) is 18.3 Å². The number of hydrogen-bond donors (Lipinski definition) is 0. The smallest absolute Gasteiger partial charge is 0.261 e. The molecular formula is C18H11F2N3O2. The van der Waals surface area contributed by atoms with Crippen LogP contribution >= 0.6 is 0 Å². The van der Waals surface area contributed by atoms with Crippen molar-refractivity contribution in [1.29, 1.82) is 0 Å². The highest BCUT2D eigenvalue weighted by molar-refractivity contribution is 5.90. The van der Waals surface area contributed by atoms with E-state index < -0.39 is 10.7 Å². The van der Waals surface area contributed by atoms with E-state index in [-0.39, 0.29) is 16.9 Å². The number of benzene rings is 2. The van der Waals surface area contributed by atoms with Crippen molar-refractivity contribution in [3.8, 4) is 0 Å². The molecule has 0 aliphatic heterocycles. The van der Waals surface area contributed by atoms with Gasteiger partial charge in [-0.2, -0.15) is 0 Å². The fourth-order valence-electron chi connectivity index (χ4n) is 2.40. The Kier molecular flexibility index (Phi) is 4.56. The number of rotatable bonds is 1. The first-order valence-electron chi connectivity index (χ1n) is 7.23. The van der Waals surface area contributed by atoms with Crippen LogP contribution in [-0.2, 0) is 0 Å². The summed E-state index contributed by atoms with van der Waals surface area (Å²) in [6, 6.07) is 11.6. The number of hydrogen-bond acceptors (Lipinski definition) is 4. The molecule has 0 saturated heterocycles. The minimum absolute atomic E-state index is 0.00694. The maximum atomic E-state index is 13.2. The zero-order valence-corrected chi connectivity index (χ0v) is 12.8. The number of fused-ring (bicyclic) bond motifs is 2. The quantitative estimate of drug-likeness (QED) is 0.374. The zero-order valence-electron chi connectivity index (χ0n) is 12.8. The molecule has 0 aliphatic carbocycles. The third-order valence-electron chi connectivity index (χ3n) is 3.53. The predicted octanol–water partition coefficient (Wildman–Crippen LogP) is 4.66. The highest BCUT2D eigenvalue weighted by Crippen LogP contribution is 2.26. The van der Waals surface area contributed by atoms with Crippen LogP contribution in [-0.4, -0.2) is 14.9 Å². The summed E-state index contributed by atoms with van der Waals surface area (Å²) >= 11 is 0. The maximum absolute atomic E-state index is 13.2. The van der Waals surface area contributed by atoms with Gasteiger partial charge in [0.2, 0.25) is 0 Å². The van der Waals surface area contributed by atoms with Gasteiger partial charge in [0.05, 0.1) is 22.7 Å². The van der Waals surface area contributed by atoms with Crippen LogP contribution in [0.5, 0.6) is 0 Å². The lowest BCUT2D eigenvalue weighted by Crippen LogP contribution is -1.92. The number of non-ortho nitro benzene ring substituents is 1. The molecule has 0 atom stereocenters. The van der Waals surface area contributed by atoms with Crippen LogP contribution in [0.25, 0.3) is 21.5 Å². The standard InChI is InChI=1S/C9H5FN2O2.C9H6FN/c10-7-5-11-4-6-2-1-3-8(9(6)7)12(13)14;10-9-6-11-5-7-3-1-2-4-8(7)9/h1-5H;1-6H. The Labute approximate surface area is 140 Å². The molecule has 4 aromatic rings. The summed E-state index contributed by atoms with van der Waals surface area (Å²) in [5.74, 6) is -0.932. The highest BCUT2D eigenvalue weighted by atomic mass is 19.1. The van der Waals surface area contributed by atoms with Crippen molar-refractivity contribution in [2.45, 2.75) is 0 Å². The fraction of sp³-hybridized carbons (Fsp3) is 0. The van der Waals surface area contributed by atoms with Crippen LogP contribution < -0.4 is 0 Å². The van der Waals surface area contributed by atoms with E-state index in [1.165, 1.54) is 24.5 Å². The van der Waals surface area contributed by atoms with E-state index in [9.17, 15) is 18.9 Å². The summed E-state index contributed by atoms with van der Waals surface area (Å²) in [6.45, 7) is 0. The molecule has 2 aromatic carbocycles. The molecule has 124 valence electrons. The molecule has 0 aliphatic rings. The molecule has 7 heteroatoms. The lowest BCUT2D eigenvalue weighted by Gasteiger charge is -1.98. The van der Waals surface area contributed by atoms with Gasteiger partial charge in [-0.25, -0.2) is 8.78 Å². The number of aromatic nitrogens is 2. The van der Waals surface area contributed by atoms with Gasteiger partial charge < -0.3 is 0 Å². The average Bonchev–Trinajstić information content (AvgIpc) is 2.62. The minimum Gasteiger partial charge on any atom is -0.261 e. The van der Waals surface area contributed by atoms with Gasteiger partial charge in [0.25, 0.3) is 5.69 Å². The second kappa shape index (κ2) is 6.96. The van der Waals surface area contributed by atoms with Crippen LogP contribution in [0.3, 0.4) is 0 Å². The normalized spacial score (nSPS) is 10.3. The Bertz CT molecular complexity index is 1060. The van der Waals surface area contributed by atoms with Crippen molar-refractivity contribution in [3.63, 3.8) is 0 Å². The summed E-state index contributed by atoms with van der Waals surface area (Å²) in [5.41, 5.74) is -0.234. The van der Waals surface area contributed by atoms with Crippen molar-refractivity contribution >= 4 is 27.2 Å². The summed E-state index contributed by atoms with van der Waals surface area (Å²) in [7, 11) is 0. The van der Waals surface area contributed by atoms with Gasteiger partial charge in [-0.15, -0.1) is 0 Å². The fourth-order valence-corrected chi connectivity index (χ4v) is 2.40. The Balaban J connectivity index is 0.000000150. The maximum Gasteiger partial charge on any atom is 0.280 e. The lowest BCUT2D eigenvalue weighted by molar-refractivity contribution is -0.383. The van der Waals surface area contributed by atoms with Gasteiger partial charge in [0.1, 0.15) is 5.82 Å². The zero-order chi connectivity index (χ0) is 17.8. The number of nitrogens with zero attached hydrogens (tertiary/aromatic N) is 3. The van der Waals surface area contributed by atoms with E-state index in [0.717, 1.165) is 11.6 Å². The Morgan fingerprint density at radius 3 is 2.16 bits per heavy atom. The first-order chi connectivity index (χ1) is 12.1. The third kappa shape index (κ3) is 3.40. The van der Waals surface area contributed by atoms with Gasteiger partial charge >= 0.3 is 0 Å². The molecule has 2 heterocycles. The Hall–Kier alpha value is -3.48. The van der Waals surface area contributed by atoms with Crippen molar-refractivity contribution < 1.29 is 13.7 Å². The van der Waals surface area contributed by atoms with Gasteiger partial charge in [-0.05, 0) is 0 Å². The molecule has 0 bridgehead atoms. The minimum atomic E-state index is -0.671. The molecule has 0 fully saturated rings. The lowest BCUT2D eigenvalue weighted by atomic mass is 10.1. The van der Waals surface area contributed by atoms with Crippen LogP contribution in [0.15, 0.2) is 67.3 Å². The van der Waals surface area contributed by atoms with Crippen molar-refractivity contribution in [3.05, 3.63) is 89.0 Å². The number of nitro benzene ring substituents is 1. The molecule has 0 saturated carbocycles.